The Kier molecular flexibility index (Phi) is 4.27. The van der Waals surface area contributed by atoms with Gasteiger partial charge in [-0.3, -0.25) is 4.79 Å². The number of nitriles is 1. The van der Waals surface area contributed by atoms with Gasteiger partial charge in [0, 0.05) is 0 Å². The van der Waals surface area contributed by atoms with E-state index in [2.05, 4.69) is 0 Å². The standard InChI is InChI=1S/C12H11NO2S2/c1-12(2,7-13)15-10(14)6-8-4-3-5-9(16)11(8)17/h3-5H,6H2,1-2H3. The van der Waals surface area contributed by atoms with Gasteiger partial charge in [-0.15, -0.1) is 0 Å². The smallest absolute Gasteiger partial charge is 0.311 e. The van der Waals surface area contributed by atoms with Gasteiger partial charge in [0.05, 0.1) is 16.1 Å². The number of hydrogen-bond donors (Lipinski definition) is 0. The van der Waals surface area contributed by atoms with Crippen molar-refractivity contribution < 1.29 is 9.53 Å². The maximum atomic E-state index is 11.6. The average Bonchev–Trinajstić information content (AvgIpc) is 2.24. The first-order valence-corrected chi connectivity index (χ1v) is 5.76. The number of nitrogens with zero attached hydrogens (tertiary/aromatic N) is 1. The van der Waals surface area contributed by atoms with Crippen molar-refractivity contribution in [2.75, 3.05) is 0 Å². The molecule has 0 bridgehead atoms. The zero-order valence-electron chi connectivity index (χ0n) is 9.52. The molecule has 0 amide bonds. The highest BCUT2D eigenvalue weighted by Crippen LogP contribution is 2.16. The average molecular weight is 265 g/mol. The van der Waals surface area contributed by atoms with Crippen LogP contribution in [0.25, 0.3) is 0 Å². The molecule has 1 aliphatic carbocycles. The summed E-state index contributed by atoms with van der Waals surface area (Å²) in [7, 11) is 0. The Balaban J connectivity index is 2.68. The summed E-state index contributed by atoms with van der Waals surface area (Å²) in [6.45, 7) is 3.06. The number of carbonyl (C=O) groups is 1. The third-order valence-corrected chi connectivity index (χ3v) is 2.98. The largest absolute Gasteiger partial charge is 0.444 e. The van der Waals surface area contributed by atoms with Crippen LogP contribution in [0.1, 0.15) is 20.3 Å². The highest BCUT2D eigenvalue weighted by atomic mass is 32.1. The molecule has 5 heteroatoms. The molecule has 0 heterocycles. The van der Waals surface area contributed by atoms with Crippen LogP contribution >= 0.6 is 24.4 Å². The van der Waals surface area contributed by atoms with Crippen molar-refractivity contribution in [1.82, 2.24) is 0 Å². The Labute approximate surface area is 111 Å². The van der Waals surface area contributed by atoms with Gasteiger partial charge in [-0.05, 0) is 25.5 Å². The van der Waals surface area contributed by atoms with Gasteiger partial charge in [0.1, 0.15) is 6.07 Å². The van der Waals surface area contributed by atoms with Crippen LogP contribution in [-0.4, -0.2) is 21.3 Å². The molecule has 1 rings (SSSR count). The summed E-state index contributed by atoms with van der Waals surface area (Å²) in [4.78, 5) is 12.6. The number of allylic oxidation sites excluding steroid dienone is 3. The Morgan fingerprint density at radius 1 is 1.53 bits per heavy atom. The van der Waals surface area contributed by atoms with Gasteiger partial charge >= 0.3 is 5.97 Å². The van der Waals surface area contributed by atoms with Gasteiger partial charge in [-0.25, -0.2) is 0 Å². The van der Waals surface area contributed by atoms with Gasteiger partial charge in [-0.2, -0.15) is 5.26 Å². The van der Waals surface area contributed by atoms with Crippen molar-refractivity contribution in [3.8, 4) is 6.07 Å². The van der Waals surface area contributed by atoms with Crippen molar-refractivity contribution in [3.05, 3.63) is 23.8 Å². The zero-order valence-corrected chi connectivity index (χ0v) is 11.2. The van der Waals surface area contributed by atoms with Gasteiger partial charge < -0.3 is 4.74 Å². The molecule has 0 spiro atoms. The summed E-state index contributed by atoms with van der Waals surface area (Å²) in [5.41, 5.74) is -0.462. The fourth-order valence-electron chi connectivity index (χ4n) is 1.20. The van der Waals surface area contributed by atoms with Crippen molar-refractivity contribution >= 4 is 40.1 Å². The van der Waals surface area contributed by atoms with E-state index < -0.39 is 11.6 Å². The van der Waals surface area contributed by atoms with E-state index in [0.29, 0.717) is 15.3 Å². The van der Waals surface area contributed by atoms with Crippen LogP contribution in [0.3, 0.4) is 0 Å². The first-order chi connectivity index (χ1) is 7.85. The lowest BCUT2D eigenvalue weighted by atomic mass is 10.0. The zero-order chi connectivity index (χ0) is 13.1. The number of rotatable bonds is 3. The lowest BCUT2D eigenvalue weighted by Gasteiger charge is -2.17. The molecule has 0 radical (unpaired) electrons. The fraction of sp³-hybridized carbons (Fsp3) is 0.333. The van der Waals surface area contributed by atoms with Crippen LogP contribution in [0.2, 0.25) is 0 Å². The van der Waals surface area contributed by atoms with Crippen LogP contribution in [-0.2, 0) is 9.53 Å². The van der Waals surface area contributed by atoms with Crippen LogP contribution in [0.5, 0.6) is 0 Å². The minimum absolute atomic E-state index is 0.0361. The molecule has 0 aromatic carbocycles. The number of esters is 1. The second kappa shape index (κ2) is 5.30. The summed E-state index contributed by atoms with van der Waals surface area (Å²) in [6, 6.07) is 1.89. The van der Waals surface area contributed by atoms with Gasteiger partial charge in [0.25, 0.3) is 0 Å². The van der Waals surface area contributed by atoms with Crippen molar-refractivity contribution in [3.63, 3.8) is 0 Å². The summed E-state index contributed by atoms with van der Waals surface area (Å²) in [5, 5.41) is 8.74. The number of carbonyl (C=O) groups excluding carboxylic acids is 1. The van der Waals surface area contributed by atoms with Crippen LogP contribution < -0.4 is 0 Å². The molecule has 0 atom stereocenters. The monoisotopic (exact) mass is 265 g/mol. The van der Waals surface area contributed by atoms with Crippen molar-refractivity contribution in [2.24, 2.45) is 0 Å². The lowest BCUT2D eigenvalue weighted by molar-refractivity contribution is -0.150. The molecule has 0 aromatic heterocycles. The third-order valence-electron chi connectivity index (χ3n) is 2.03. The minimum Gasteiger partial charge on any atom is -0.444 e. The molecule has 0 saturated heterocycles. The Morgan fingerprint density at radius 2 is 2.18 bits per heavy atom. The SMILES string of the molecule is CC(C)(C#N)OC(=O)CC1=CC=CC(=S)C1=S. The third kappa shape index (κ3) is 3.84. The van der Waals surface area contributed by atoms with E-state index in [0.717, 1.165) is 0 Å². The second-order valence-electron chi connectivity index (χ2n) is 4.02. The van der Waals surface area contributed by atoms with E-state index in [9.17, 15) is 4.79 Å². The first-order valence-electron chi connectivity index (χ1n) is 4.95. The molecule has 17 heavy (non-hydrogen) atoms. The van der Waals surface area contributed by atoms with Crippen LogP contribution in [0.15, 0.2) is 23.8 Å². The molecular formula is C12H11NO2S2. The van der Waals surface area contributed by atoms with Gasteiger partial charge in [0.2, 0.25) is 0 Å². The highest BCUT2D eigenvalue weighted by Gasteiger charge is 2.24. The number of hydrogen-bond acceptors (Lipinski definition) is 5. The molecule has 1 aliphatic rings. The molecule has 3 nitrogen and oxygen atoms in total. The molecule has 0 saturated carbocycles. The maximum absolute atomic E-state index is 11.6. The second-order valence-corrected chi connectivity index (χ2v) is 4.87. The maximum Gasteiger partial charge on any atom is 0.311 e. The number of thiocarbonyl (C=S) groups is 2. The van der Waals surface area contributed by atoms with Crippen molar-refractivity contribution in [1.29, 1.82) is 5.26 Å². The normalized spacial score (nSPS) is 15.2. The Bertz CT molecular complexity index is 481. The van der Waals surface area contributed by atoms with E-state index in [-0.39, 0.29) is 6.42 Å². The topological polar surface area (TPSA) is 50.1 Å². The Hall–Kier alpha value is -1.38. The van der Waals surface area contributed by atoms with E-state index >= 15 is 0 Å². The first kappa shape index (κ1) is 13.7. The van der Waals surface area contributed by atoms with Crippen molar-refractivity contribution in [2.45, 2.75) is 25.9 Å². The summed E-state index contributed by atoms with van der Waals surface area (Å²) >= 11 is 10.1. The predicted molar refractivity (Wildman–Crippen MR) is 72.8 cm³/mol. The quantitative estimate of drug-likeness (QED) is 0.579. The van der Waals surface area contributed by atoms with E-state index in [1.807, 2.05) is 6.07 Å². The fourth-order valence-corrected chi connectivity index (χ4v) is 1.62. The van der Waals surface area contributed by atoms with E-state index in [1.165, 1.54) is 13.8 Å². The van der Waals surface area contributed by atoms with Crippen LogP contribution in [0, 0.1) is 11.3 Å². The molecule has 0 fully saturated rings. The molecule has 0 aromatic rings. The summed E-state index contributed by atoms with van der Waals surface area (Å²) in [5.74, 6) is -0.483. The van der Waals surface area contributed by atoms with E-state index in [4.69, 9.17) is 34.4 Å². The minimum atomic E-state index is -1.12. The molecule has 0 N–H and O–H groups in total. The van der Waals surface area contributed by atoms with Gasteiger partial charge in [-0.1, -0.05) is 36.6 Å². The van der Waals surface area contributed by atoms with Crippen LogP contribution in [0.4, 0.5) is 0 Å². The molecule has 0 unspecified atom stereocenters. The lowest BCUT2D eigenvalue weighted by Crippen LogP contribution is -2.27. The van der Waals surface area contributed by atoms with E-state index in [1.54, 1.807) is 18.2 Å². The highest BCUT2D eigenvalue weighted by molar-refractivity contribution is 7.90. The summed E-state index contributed by atoms with van der Waals surface area (Å²) < 4.78 is 5.01. The molecule has 0 aliphatic heterocycles. The van der Waals surface area contributed by atoms with Gasteiger partial charge in [0.15, 0.2) is 5.60 Å². The number of ether oxygens (including phenoxy) is 1. The summed E-state index contributed by atoms with van der Waals surface area (Å²) in [6.07, 6.45) is 5.23. The predicted octanol–water partition coefficient (Wildman–Crippen LogP) is 2.46. The molecule has 88 valence electrons. The molecular weight excluding hydrogens is 254 g/mol. The Morgan fingerprint density at radius 3 is 2.76 bits per heavy atom.